The quantitative estimate of drug-likeness (QED) is 0.675. The number of amides is 1. The summed E-state index contributed by atoms with van der Waals surface area (Å²) in [6.07, 6.45) is 0.300. The number of halogens is 2. The molecule has 1 atom stereocenters. The van der Waals surface area contributed by atoms with Gasteiger partial charge in [-0.15, -0.1) is 0 Å². The maximum Gasteiger partial charge on any atom is 0.306 e. The maximum atomic E-state index is 13.4. The van der Waals surface area contributed by atoms with Crippen LogP contribution in [0.4, 0.5) is 15.8 Å². The molecule has 2 N–H and O–H groups in total. The van der Waals surface area contributed by atoms with Gasteiger partial charge in [-0.2, -0.15) is 4.39 Å². The molecule has 0 saturated carbocycles. The minimum Gasteiger partial charge on any atom is -0.330 e. The van der Waals surface area contributed by atoms with E-state index in [0.717, 1.165) is 12.1 Å². The molecule has 0 radical (unpaired) electrons. The first kappa shape index (κ1) is 13.9. The van der Waals surface area contributed by atoms with Gasteiger partial charge in [0.25, 0.3) is 0 Å². The maximum absolute atomic E-state index is 13.4. The fourth-order valence-corrected chi connectivity index (χ4v) is 2.58. The highest BCUT2D eigenvalue weighted by Gasteiger charge is 2.32. The van der Waals surface area contributed by atoms with Crippen LogP contribution in [0.3, 0.4) is 0 Å². The lowest BCUT2D eigenvalue weighted by Gasteiger charge is -2.18. The number of carbonyl (C=O) groups excluding carboxylic acids is 1. The summed E-state index contributed by atoms with van der Waals surface area (Å²) in [4.78, 5) is 23.2. The average molecular weight is 332 g/mol. The van der Waals surface area contributed by atoms with E-state index >= 15 is 0 Å². The van der Waals surface area contributed by atoms with Crippen LogP contribution in [0.25, 0.3) is 0 Å². The van der Waals surface area contributed by atoms with Gasteiger partial charge in [-0.05, 0) is 34.5 Å². The summed E-state index contributed by atoms with van der Waals surface area (Å²) in [5, 5.41) is 10.7. The molecule has 0 bridgehead atoms. The SMILES string of the molecule is NCC1CC(=O)N(c2cc([N+](=O)[O-])c(F)cc2Br)C1. The fourth-order valence-electron chi connectivity index (χ4n) is 2.05. The number of nitro benzene ring substituents is 1. The number of rotatable bonds is 3. The molecule has 1 aliphatic rings. The van der Waals surface area contributed by atoms with Gasteiger partial charge >= 0.3 is 5.69 Å². The molecule has 1 fully saturated rings. The number of nitrogens with two attached hydrogens (primary N) is 1. The molecule has 1 aromatic rings. The molecule has 19 heavy (non-hydrogen) atoms. The van der Waals surface area contributed by atoms with Crippen LogP contribution in [0.2, 0.25) is 0 Å². The third-order valence-electron chi connectivity index (χ3n) is 3.04. The third kappa shape index (κ3) is 2.59. The van der Waals surface area contributed by atoms with Gasteiger partial charge in [0.05, 0.1) is 10.6 Å². The molecule has 0 aliphatic carbocycles. The minimum atomic E-state index is -0.942. The standard InChI is InChI=1S/C11H11BrFN3O3/c12-7-2-8(13)10(16(18)19)3-9(7)15-5-6(4-14)1-11(15)17/h2-3,6H,1,4-5,14H2. The Hall–Kier alpha value is -1.54. The van der Waals surface area contributed by atoms with Gasteiger partial charge in [-0.25, -0.2) is 0 Å². The van der Waals surface area contributed by atoms with Gasteiger partial charge in [0.1, 0.15) is 0 Å². The van der Waals surface area contributed by atoms with Gasteiger partial charge < -0.3 is 10.6 Å². The van der Waals surface area contributed by atoms with Crippen molar-refractivity contribution in [1.29, 1.82) is 0 Å². The van der Waals surface area contributed by atoms with Crippen molar-refractivity contribution in [1.82, 2.24) is 0 Å². The molecule has 102 valence electrons. The highest BCUT2D eigenvalue weighted by atomic mass is 79.9. The van der Waals surface area contributed by atoms with Crippen molar-refractivity contribution in [2.24, 2.45) is 11.7 Å². The van der Waals surface area contributed by atoms with Crippen molar-refractivity contribution >= 4 is 33.2 Å². The molecule has 1 heterocycles. The molecule has 6 nitrogen and oxygen atoms in total. The fraction of sp³-hybridized carbons (Fsp3) is 0.364. The Labute approximate surface area is 116 Å². The van der Waals surface area contributed by atoms with Crippen molar-refractivity contribution in [3.63, 3.8) is 0 Å². The van der Waals surface area contributed by atoms with E-state index in [-0.39, 0.29) is 11.8 Å². The number of benzene rings is 1. The number of carbonyl (C=O) groups is 1. The molecule has 2 rings (SSSR count). The van der Waals surface area contributed by atoms with Crippen molar-refractivity contribution in [3.05, 3.63) is 32.5 Å². The van der Waals surface area contributed by atoms with E-state index in [1.54, 1.807) is 0 Å². The Morgan fingerprint density at radius 3 is 2.79 bits per heavy atom. The largest absolute Gasteiger partial charge is 0.330 e. The zero-order valence-electron chi connectivity index (χ0n) is 9.81. The van der Waals surface area contributed by atoms with Crippen molar-refractivity contribution in [3.8, 4) is 0 Å². The van der Waals surface area contributed by atoms with E-state index in [1.807, 2.05) is 0 Å². The topological polar surface area (TPSA) is 89.5 Å². The van der Waals surface area contributed by atoms with E-state index in [4.69, 9.17) is 5.73 Å². The van der Waals surface area contributed by atoms with Gasteiger partial charge in [0.15, 0.2) is 0 Å². The van der Waals surface area contributed by atoms with E-state index in [9.17, 15) is 19.3 Å². The first-order chi connectivity index (χ1) is 8.93. The van der Waals surface area contributed by atoms with Crippen molar-refractivity contribution in [2.45, 2.75) is 6.42 Å². The van der Waals surface area contributed by atoms with E-state index in [1.165, 1.54) is 4.90 Å². The molecular formula is C11H11BrFN3O3. The van der Waals surface area contributed by atoms with Crippen LogP contribution in [0.1, 0.15) is 6.42 Å². The van der Waals surface area contributed by atoms with Crippen LogP contribution in [0, 0.1) is 21.8 Å². The third-order valence-corrected chi connectivity index (χ3v) is 3.68. The molecule has 0 spiro atoms. The highest BCUT2D eigenvalue weighted by Crippen LogP contribution is 2.35. The summed E-state index contributed by atoms with van der Waals surface area (Å²) >= 11 is 3.12. The number of hydrogen-bond donors (Lipinski definition) is 1. The van der Waals surface area contributed by atoms with Gasteiger partial charge in [0.2, 0.25) is 11.7 Å². The van der Waals surface area contributed by atoms with E-state index in [0.29, 0.717) is 29.7 Å². The molecule has 1 saturated heterocycles. The zero-order valence-corrected chi connectivity index (χ0v) is 11.4. The number of hydrogen-bond acceptors (Lipinski definition) is 4. The first-order valence-electron chi connectivity index (χ1n) is 5.58. The predicted octanol–water partition coefficient (Wildman–Crippen LogP) is 1.81. The van der Waals surface area contributed by atoms with Crippen LogP contribution in [-0.4, -0.2) is 23.9 Å². The Bertz CT molecular complexity index is 552. The molecule has 1 unspecified atom stereocenters. The van der Waals surface area contributed by atoms with Crippen LogP contribution in [-0.2, 0) is 4.79 Å². The first-order valence-corrected chi connectivity index (χ1v) is 6.37. The van der Waals surface area contributed by atoms with E-state index in [2.05, 4.69) is 15.9 Å². The van der Waals surface area contributed by atoms with Crippen LogP contribution >= 0.6 is 15.9 Å². The second kappa shape index (κ2) is 5.22. The summed E-state index contributed by atoms with van der Waals surface area (Å²) in [6.45, 7) is 0.750. The summed E-state index contributed by atoms with van der Waals surface area (Å²) in [5.41, 5.74) is 5.17. The normalized spacial score (nSPS) is 19.0. The van der Waals surface area contributed by atoms with Crippen LogP contribution in [0.5, 0.6) is 0 Å². The summed E-state index contributed by atoms with van der Waals surface area (Å²) < 4.78 is 13.7. The van der Waals surface area contributed by atoms with Crippen LogP contribution in [0.15, 0.2) is 16.6 Å². The van der Waals surface area contributed by atoms with Crippen molar-refractivity contribution < 1.29 is 14.1 Å². The minimum absolute atomic E-state index is 0.0171. The summed E-state index contributed by atoms with van der Waals surface area (Å²) in [5.74, 6) is -1.09. The zero-order chi connectivity index (χ0) is 14.2. The predicted molar refractivity (Wildman–Crippen MR) is 70.3 cm³/mol. The molecule has 1 amide bonds. The number of nitro groups is 1. The smallest absolute Gasteiger partial charge is 0.306 e. The lowest BCUT2D eigenvalue weighted by atomic mass is 10.1. The molecule has 1 aliphatic heterocycles. The van der Waals surface area contributed by atoms with Gasteiger partial charge in [0, 0.05) is 23.5 Å². The second-order valence-electron chi connectivity index (χ2n) is 4.32. The highest BCUT2D eigenvalue weighted by molar-refractivity contribution is 9.10. The lowest BCUT2D eigenvalue weighted by molar-refractivity contribution is -0.387. The Morgan fingerprint density at radius 1 is 1.58 bits per heavy atom. The number of nitrogens with zero attached hydrogens (tertiary/aromatic N) is 2. The molecular weight excluding hydrogens is 321 g/mol. The summed E-state index contributed by atoms with van der Waals surface area (Å²) in [7, 11) is 0. The Balaban J connectivity index is 2.42. The molecule has 1 aromatic carbocycles. The summed E-state index contributed by atoms with van der Waals surface area (Å²) in [6, 6.07) is 2.06. The van der Waals surface area contributed by atoms with Gasteiger partial charge in [-0.3, -0.25) is 14.9 Å². The average Bonchev–Trinajstić information content (AvgIpc) is 2.70. The monoisotopic (exact) mass is 331 g/mol. The second-order valence-corrected chi connectivity index (χ2v) is 5.18. The van der Waals surface area contributed by atoms with Crippen LogP contribution < -0.4 is 10.6 Å². The van der Waals surface area contributed by atoms with Gasteiger partial charge in [-0.1, -0.05) is 0 Å². The Kier molecular flexibility index (Phi) is 3.81. The number of anilines is 1. The Morgan fingerprint density at radius 2 is 2.26 bits per heavy atom. The van der Waals surface area contributed by atoms with E-state index < -0.39 is 16.4 Å². The lowest BCUT2D eigenvalue weighted by Crippen LogP contribution is -2.26. The molecule has 8 heteroatoms. The van der Waals surface area contributed by atoms with Crippen molar-refractivity contribution in [2.75, 3.05) is 18.0 Å². The molecule has 0 aromatic heterocycles.